The Morgan fingerprint density at radius 3 is 2.84 bits per heavy atom. The first kappa shape index (κ1) is 15.4. The zero-order chi connectivity index (χ0) is 14.3. The molecule has 0 unspecified atom stereocenters. The van der Waals surface area contributed by atoms with Crippen LogP contribution >= 0.6 is 11.3 Å². The number of carbonyl (C=O) groups is 2. The van der Waals surface area contributed by atoms with E-state index in [0.29, 0.717) is 13.2 Å². The van der Waals surface area contributed by atoms with Crippen LogP contribution in [-0.4, -0.2) is 53.8 Å². The first-order valence-electron chi connectivity index (χ1n) is 5.67. The van der Waals surface area contributed by atoms with Crippen molar-refractivity contribution in [3.8, 4) is 0 Å². The van der Waals surface area contributed by atoms with Crippen LogP contribution in [0.3, 0.4) is 0 Å². The Hall–Kier alpha value is -1.67. The molecule has 2 amide bonds. The molecule has 8 heteroatoms. The molecule has 0 atom stereocenters. The lowest BCUT2D eigenvalue weighted by Crippen LogP contribution is -2.44. The van der Waals surface area contributed by atoms with E-state index in [2.05, 4.69) is 10.3 Å². The third-order valence-corrected chi connectivity index (χ3v) is 3.36. The first-order valence-corrected chi connectivity index (χ1v) is 6.55. The number of aryl methyl sites for hydroxylation is 1. The second-order valence-electron chi connectivity index (χ2n) is 3.83. The normalized spacial score (nSPS) is 10.2. The number of hydrogen-bond acceptors (Lipinski definition) is 5. The van der Waals surface area contributed by atoms with Crippen LogP contribution in [0.25, 0.3) is 0 Å². The molecule has 0 aliphatic heterocycles. The number of aliphatic carboxylic acids is 1. The molecule has 0 fully saturated rings. The summed E-state index contributed by atoms with van der Waals surface area (Å²) >= 11 is 1.45. The summed E-state index contributed by atoms with van der Waals surface area (Å²) in [5.41, 5.74) is 2.57. The third-order valence-electron chi connectivity index (χ3n) is 2.42. The van der Waals surface area contributed by atoms with Gasteiger partial charge in [-0.05, 0) is 6.92 Å². The van der Waals surface area contributed by atoms with Gasteiger partial charge in [0.05, 0.1) is 24.4 Å². The van der Waals surface area contributed by atoms with Crippen LogP contribution in [0.5, 0.6) is 0 Å². The van der Waals surface area contributed by atoms with E-state index in [1.165, 1.54) is 23.3 Å². The summed E-state index contributed by atoms with van der Waals surface area (Å²) in [6, 6.07) is -0.424. The molecule has 0 spiro atoms. The smallest absolute Gasteiger partial charge is 0.323 e. The number of carboxylic acid groups (broad SMARTS) is 1. The topological polar surface area (TPSA) is 91.8 Å². The molecule has 0 bridgehead atoms. The van der Waals surface area contributed by atoms with Crippen LogP contribution in [0.1, 0.15) is 10.6 Å². The minimum atomic E-state index is -1.06. The summed E-state index contributed by atoms with van der Waals surface area (Å²) in [5, 5.41) is 11.4. The van der Waals surface area contributed by atoms with E-state index in [9.17, 15) is 9.59 Å². The number of rotatable bonds is 7. The number of carboxylic acids is 1. The SMILES string of the molecule is COCCN(CC(=O)O)C(=O)NCc1scnc1C. The van der Waals surface area contributed by atoms with Crippen molar-refractivity contribution in [1.82, 2.24) is 15.2 Å². The second kappa shape index (κ2) is 7.70. The Labute approximate surface area is 115 Å². The Balaban J connectivity index is 2.51. The molecule has 7 nitrogen and oxygen atoms in total. The molecule has 106 valence electrons. The van der Waals surface area contributed by atoms with Gasteiger partial charge < -0.3 is 20.1 Å². The maximum atomic E-state index is 11.9. The van der Waals surface area contributed by atoms with Gasteiger partial charge >= 0.3 is 12.0 Å². The van der Waals surface area contributed by atoms with Gasteiger partial charge in [-0.3, -0.25) is 4.79 Å². The monoisotopic (exact) mass is 287 g/mol. The molecular weight excluding hydrogens is 270 g/mol. The maximum absolute atomic E-state index is 11.9. The number of ether oxygens (including phenoxy) is 1. The van der Waals surface area contributed by atoms with Gasteiger partial charge in [0.1, 0.15) is 6.54 Å². The van der Waals surface area contributed by atoms with Crippen molar-refractivity contribution in [2.24, 2.45) is 0 Å². The number of nitrogens with one attached hydrogen (secondary N) is 1. The maximum Gasteiger partial charge on any atom is 0.323 e. The van der Waals surface area contributed by atoms with Gasteiger partial charge in [-0.15, -0.1) is 11.3 Å². The van der Waals surface area contributed by atoms with E-state index >= 15 is 0 Å². The lowest BCUT2D eigenvalue weighted by atomic mass is 10.4. The molecular formula is C11H17N3O4S. The van der Waals surface area contributed by atoms with Crippen molar-refractivity contribution in [3.63, 3.8) is 0 Å². The van der Waals surface area contributed by atoms with Crippen molar-refractivity contribution in [2.45, 2.75) is 13.5 Å². The number of aromatic nitrogens is 1. The lowest BCUT2D eigenvalue weighted by Gasteiger charge is -2.20. The van der Waals surface area contributed by atoms with Crippen molar-refractivity contribution < 1.29 is 19.4 Å². The summed E-state index contributed by atoms with van der Waals surface area (Å²) in [4.78, 5) is 28.8. The van der Waals surface area contributed by atoms with E-state index in [-0.39, 0.29) is 13.1 Å². The summed E-state index contributed by atoms with van der Waals surface area (Å²) in [6.45, 7) is 2.38. The highest BCUT2D eigenvalue weighted by atomic mass is 32.1. The summed E-state index contributed by atoms with van der Waals surface area (Å²) < 4.78 is 4.85. The van der Waals surface area contributed by atoms with E-state index in [4.69, 9.17) is 9.84 Å². The fourth-order valence-corrected chi connectivity index (χ4v) is 2.10. The number of carbonyl (C=O) groups excluding carboxylic acids is 1. The second-order valence-corrected chi connectivity index (χ2v) is 4.77. The molecule has 1 heterocycles. The van der Waals surface area contributed by atoms with E-state index < -0.39 is 12.0 Å². The van der Waals surface area contributed by atoms with Crippen LogP contribution < -0.4 is 5.32 Å². The van der Waals surface area contributed by atoms with Crippen molar-refractivity contribution >= 4 is 23.3 Å². The van der Waals surface area contributed by atoms with E-state index in [1.807, 2.05) is 6.92 Å². The zero-order valence-corrected chi connectivity index (χ0v) is 11.7. The minimum Gasteiger partial charge on any atom is -0.480 e. The number of thiazole rings is 1. The highest BCUT2D eigenvalue weighted by Gasteiger charge is 2.16. The average Bonchev–Trinajstić information content (AvgIpc) is 2.76. The first-order chi connectivity index (χ1) is 9.04. The number of amides is 2. The molecule has 1 aromatic heterocycles. The predicted octanol–water partition coefficient (Wildman–Crippen LogP) is 0.694. The molecule has 0 aliphatic rings. The minimum absolute atomic E-state index is 0.232. The van der Waals surface area contributed by atoms with Crippen molar-refractivity contribution in [3.05, 3.63) is 16.1 Å². The Morgan fingerprint density at radius 1 is 1.58 bits per heavy atom. The van der Waals surface area contributed by atoms with Crippen LogP contribution in [0, 0.1) is 6.92 Å². The molecule has 0 radical (unpaired) electrons. The van der Waals surface area contributed by atoms with Crippen LogP contribution in [-0.2, 0) is 16.1 Å². The summed E-state index contributed by atoms with van der Waals surface area (Å²) in [5.74, 6) is -1.06. The van der Waals surface area contributed by atoms with Gasteiger partial charge in [-0.2, -0.15) is 0 Å². The molecule has 0 saturated carbocycles. The average molecular weight is 287 g/mol. The number of methoxy groups -OCH3 is 1. The largest absolute Gasteiger partial charge is 0.480 e. The van der Waals surface area contributed by atoms with Gasteiger partial charge in [-0.1, -0.05) is 0 Å². The van der Waals surface area contributed by atoms with Gasteiger partial charge in [0.2, 0.25) is 0 Å². The number of nitrogens with zero attached hydrogens (tertiary/aromatic N) is 2. The third kappa shape index (κ3) is 5.23. The molecule has 19 heavy (non-hydrogen) atoms. The molecule has 1 rings (SSSR count). The molecule has 0 aliphatic carbocycles. The van der Waals surface area contributed by atoms with E-state index in [1.54, 1.807) is 5.51 Å². The Bertz CT molecular complexity index is 435. The highest BCUT2D eigenvalue weighted by molar-refractivity contribution is 7.09. The van der Waals surface area contributed by atoms with Crippen LogP contribution in [0.15, 0.2) is 5.51 Å². The standard InChI is InChI=1S/C11H17N3O4S/c1-8-9(19-7-13-8)5-12-11(17)14(3-4-18-2)6-10(15)16/h7H,3-6H2,1-2H3,(H,12,17)(H,15,16). The number of hydrogen-bond donors (Lipinski definition) is 2. The van der Waals surface area contributed by atoms with Crippen molar-refractivity contribution in [2.75, 3.05) is 26.8 Å². The Kier molecular flexibility index (Phi) is 6.23. The zero-order valence-electron chi connectivity index (χ0n) is 10.9. The van der Waals surface area contributed by atoms with Crippen LogP contribution in [0.4, 0.5) is 4.79 Å². The Morgan fingerprint density at radius 2 is 2.32 bits per heavy atom. The van der Waals surface area contributed by atoms with Crippen LogP contribution in [0.2, 0.25) is 0 Å². The molecule has 0 saturated heterocycles. The van der Waals surface area contributed by atoms with E-state index in [0.717, 1.165) is 10.6 Å². The van der Waals surface area contributed by atoms with Crippen molar-refractivity contribution in [1.29, 1.82) is 0 Å². The summed E-state index contributed by atoms with van der Waals surface area (Å²) in [7, 11) is 1.50. The molecule has 2 N–H and O–H groups in total. The number of urea groups is 1. The quantitative estimate of drug-likeness (QED) is 0.770. The molecule has 0 aromatic carbocycles. The van der Waals surface area contributed by atoms with Gasteiger partial charge in [0.15, 0.2) is 0 Å². The lowest BCUT2D eigenvalue weighted by molar-refractivity contribution is -0.137. The van der Waals surface area contributed by atoms with Gasteiger partial charge in [0, 0.05) is 18.5 Å². The fourth-order valence-electron chi connectivity index (χ4n) is 1.38. The molecule has 1 aromatic rings. The summed E-state index contributed by atoms with van der Waals surface area (Å²) in [6.07, 6.45) is 0. The predicted molar refractivity (Wildman–Crippen MR) is 70.2 cm³/mol. The van der Waals surface area contributed by atoms with Gasteiger partial charge in [-0.25, -0.2) is 9.78 Å². The highest BCUT2D eigenvalue weighted by Crippen LogP contribution is 2.11. The fraction of sp³-hybridized carbons (Fsp3) is 0.545. The van der Waals surface area contributed by atoms with Gasteiger partial charge in [0.25, 0.3) is 0 Å².